The van der Waals surface area contributed by atoms with Gasteiger partial charge in [0.2, 0.25) is 10.0 Å². The molecule has 1 aliphatic rings. The van der Waals surface area contributed by atoms with Crippen LogP contribution in [0.1, 0.15) is 28.3 Å². The van der Waals surface area contributed by atoms with Crippen LogP contribution in [0.2, 0.25) is 0 Å². The lowest BCUT2D eigenvalue weighted by Gasteiger charge is -2.37. The van der Waals surface area contributed by atoms with Crippen LogP contribution in [0.5, 0.6) is 5.75 Å². The standard InChI is InChI=1S/C23H23NO3S/c1-17-8-12-21(13-9-17)28(25,26)24-15-14-18-10-11-20(27-2)16-22(18)23(24)19-6-4-3-5-7-19/h3-13,16,23H,14-15H2,1-2H3. The minimum absolute atomic E-state index is 0.324. The highest BCUT2D eigenvalue weighted by atomic mass is 32.2. The van der Waals surface area contributed by atoms with Crippen LogP contribution in [0.15, 0.2) is 77.7 Å². The molecule has 0 radical (unpaired) electrons. The Morgan fingerprint density at radius 2 is 1.68 bits per heavy atom. The molecule has 5 heteroatoms. The zero-order valence-electron chi connectivity index (χ0n) is 16.0. The highest BCUT2D eigenvalue weighted by Crippen LogP contribution is 2.40. The van der Waals surface area contributed by atoms with Gasteiger partial charge in [0.25, 0.3) is 0 Å². The summed E-state index contributed by atoms with van der Waals surface area (Å²) in [6.07, 6.45) is 0.674. The van der Waals surface area contributed by atoms with Crippen LogP contribution < -0.4 is 4.74 Å². The number of hydrogen-bond acceptors (Lipinski definition) is 3. The van der Waals surface area contributed by atoms with Crippen molar-refractivity contribution in [3.63, 3.8) is 0 Å². The monoisotopic (exact) mass is 393 g/mol. The molecule has 144 valence electrons. The van der Waals surface area contributed by atoms with Crippen LogP contribution in [0.4, 0.5) is 0 Å². The summed E-state index contributed by atoms with van der Waals surface area (Å²) in [5.74, 6) is 0.731. The van der Waals surface area contributed by atoms with Crippen LogP contribution in [-0.4, -0.2) is 26.4 Å². The summed E-state index contributed by atoms with van der Waals surface area (Å²) < 4.78 is 34.1. The first kappa shape index (κ1) is 18.7. The maximum Gasteiger partial charge on any atom is 0.243 e. The van der Waals surface area contributed by atoms with E-state index >= 15 is 0 Å². The summed E-state index contributed by atoms with van der Waals surface area (Å²) in [5, 5.41) is 0. The van der Waals surface area contributed by atoms with Crippen molar-refractivity contribution in [2.75, 3.05) is 13.7 Å². The average Bonchev–Trinajstić information content (AvgIpc) is 2.73. The number of aryl methyl sites for hydroxylation is 1. The first-order valence-electron chi connectivity index (χ1n) is 9.31. The number of sulfonamides is 1. The zero-order valence-corrected chi connectivity index (χ0v) is 16.8. The van der Waals surface area contributed by atoms with E-state index in [9.17, 15) is 8.42 Å². The fourth-order valence-corrected chi connectivity index (χ4v) is 5.38. The molecule has 0 aliphatic carbocycles. The van der Waals surface area contributed by atoms with E-state index in [-0.39, 0.29) is 6.04 Å². The predicted molar refractivity (Wildman–Crippen MR) is 110 cm³/mol. The van der Waals surface area contributed by atoms with Crippen LogP contribution in [0.25, 0.3) is 0 Å². The Balaban J connectivity index is 1.87. The Kier molecular flexibility index (Phi) is 4.96. The van der Waals surface area contributed by atoms with E-state index in [4.69, 9.17) is 4.74 Å². The van der Waals surface area contributed by atoms with Crippen LogP contribution in [0.3, 0.4) is 0 Å². The summed E-state index contributed by atoms with van der Waals surface area (Å²) >= 11 is 0. The molecule has 4 nitrogen and oxygen atoms in total. The molecule has 28 heavy (non-hydrogen) atoms. The van der Waals surface area contributed by atoms with Gasteiger partial charge < -0.3 is 4.74 Å². The Hall–Kier alpha value is -2.63. The molecule has 0 saturated carbocycles. The van der Waals surface area contributed by atoms with Gasteiger partial charge in [-0.1, -0.05) is 54.1 Å². The summed E-state index contributed by atoms with van der Waals surface area (Å²) in [6.45, 7) is 2.39. The molecule has 0 saturated heterocycles. The largest absolute Gasteiger partial charge is 0.497 e. The van der Waals surface area contributed by atoms with Crippen LogP contribution in [-0.2, 0) is 16.4 Å². The van der Waals surface area contributed by atoms with Crippen molar-refractivity contribution in [2.45, 2.75) is 24.3 Å². The minimum Gasteiger partial charge on any atom is -0.497 e. The number of benzene rings is 3. The van der Waals surface area contributed by atoms with Crippen molar-refractivity contribution < 1.29 is 13.2 Å². The Bertz CT molecular complexity index is 1080. The third-order valence-corrected chi connectivity index (χ3v) is 7.16. The lowest BCUT2D eigenvalue weighted by Crippen LogP contribution is -2.40. The number of nitrogens with zero attached hydrogens (tertiary/aromatic N) is 1. The summed E-state index contributed by atoms with van der Waals surface area (Å²) in [4.78, 5) is 0.324. The van der Waals surface area contributed by atoms with E-state index in [1.807, 2.05) is 67.6 Å². The fourth-order valence-electron chi connectivity index (χ4n) is 3.78. The number of rotatable bonds is 4. The molecule has 1 unspecified atom stereocenters. The van der Waals surface area contributed by atoms with E-state index in [0.717, 1.165) is 28.0 Å². The van der Waals surface area contributed by atoms with Gasteiger partial charge in [-0.25, -0.2) is 8.42 Å². The van der Waals surface area contributed by atoms with Gasteiger partial charge in [0.1, 0.15) is 5.75 Å². The first-order chi connectivity index (χ1) is 13.5. The topological polar surface area (TPSA) is 46.6 Å². The molecule has 0 amide bonds. The smallest absolute Gasteiger partial charge is 0.243 e. The third-order valence-electron chi connectivity index (χ3n) is 5.28. The van der Waals surface area contributed by atoms with Crippen molar-refractivity contribution in [3.05, 3.63) is 95.1 Å². The summed E-state index contributed by atoms with van der Waals surface area (Å²) in [7, 11) is -2.02. The maximum absolute atomic E-state index is 13.5. The minimum atomic E-state index is -3.65. The van der Waals surface area contributed by atoms with Gasteiger partial charge in [0, 0.05) is 6.54 Å². The molecular weight excluding hydrogens is 370 g/mol. The van der Waals surface area contributed by atoms with E-state index in [0.29, 0.717) is 17.9 Å². The molecule has 1 atom stereocenters. The number of fused-ring (bicyclic) bond motifs is 1. The number of ether oxygens (including phenoxy) is 1. The van der Waals surface area contributed by atoms with E-state index < -0.39 is 10.0 Å². The van der Waals surface area contributed by atoms with E-state index in [1.165, 1.54) is 0 Å². The second kappa shape index (κ2) is 7.41. The molecular formula is C23H23NO3S. The Morgan fingerprint density at radius 1 is 0.964 bits per heavy atom. The number of hydrogen-bond donors (Lipinski definition) is 0. The van der Waals surface area contributed by atoms with Crippen LogP contribution in [0, 0.1) is 6.92 Å². The predicted octanol–water partition coefficient (Wildman–Crippen LogP) is 4.34. The van der Waals surface area contributed by atoms with Gasteiger partial charge in [0.05, 0.1) is 18.0 Å². The third kappa shape index (κ3) is 3.32. The summed E-state index contributed by atoms with van der Waals surface area (Å²) in [5.41, 5.74) is 4.12. The highest BCUT2D eigenvalue weighted by Gasteiger charge is 2.37. The molecule has 3 aromatic rings. The second-order valence-electron chi connectivity index (χ2n) is 7.06. The molecule has 1 aliphatic heterocycles. The van der Waals surface area contributed by atoms with Gasteiger partial charge in [-0.3, -0.25) is 0 Å². The molecule has 1 heterocycles. The lowest BCUT2D eigenvalue weighted by molar-refractivity contribution is 0.341. The van der Waals surface area contributed by atoms with Gasteiger partial charge in [0.15, 0.2) is 0 Å². The van der Waals surface area contributed by atoms with E-state index in [2.05, 4.69) is 0 Å². The molecule has 4 rings (SSSR count). The number of methoxy groups -OCH3 is 1. The first-order valence-corrected chi connectivity index (χ1v) is 10.7. The second-order valence-corrected chi connectivity index (χ2v) is 8.95. The van der Waals surface area contributed by atoms with Gasteiger partial charge >= 0.3 is 0 Å². The van der Waals surface area contributed by atoms with Crippen molar-refractivity contribution >= 4 is 10.0 Å². The van der Waals surface area contributed by atoms with Crippen molar-refractivity contribution in [2.24, 2.45) is 0 Å². The zero-order chi connectivity index (χ0) is 19.7. The van der Waals surface area contributed by atoms with Crippen molar-refractivity contribution in [1.82, 2.24) is 4.31 Å². The summed E-state index contributed by atoms with van der Waals surface area (Å²) in [6, 6.07) is 22.4. The maximum atomic E-state index is 13.5. The van der Waals surface area contributed by atoms with Crippen molar-refractivity contribution in [3.8, 4) is 5.75 Å². The van der Waals surface area contributed by atoms with Gasteiger partial charge in [-0.15, -0.1) is 0 Å². The normalized spacial score (nSPS) is 17.1. The fraction of sp³-hybridized carbons (Fsp3) is 0.217. The average molecular weight is 394 g/mol. The van der Waals surface area contributed by atoms with Gasteiger partial charge in [-0.2, -0.15) is 4.31 Å². The van der Waals surface area contributed by atoms with Crippen molar-refractivity contribution in [1.29, 1.82) is 0 Å². The SMILES string of the molecule is COc1ccc2c(c1)C(c1ccccc1)N(S(=O)(=O)c1ccc(C)cc1)CC2. The van der Waals surface area contributed by atoms with Crippen LogP contribution >= 0.6 is 0 Å². The highest BCUT2D eigenvalue weighted by molar-refractivity contribution is 7.89. The lowest BCUT2D eigenvalue weighted by atomic mass is 9.89. The molecule has 0 fully saturated rings. The van der Waals surface area contributed by atoms with Gasteiger partial charge in [-0.05, 0) is 54.3 Å². The molecule has 0 N–H and O–H groups in total. The van der Waals surface area contributed by atoms with E-state index in [1.54, 1.807) is 23.5 Å². The molecule has 0 bridgehead atoms. The molecule has 3 aromatic carbocycles. The molecule has 0 spiro atoms. The Labute approximate surface area is 166 Å². The Morgan fingerprint density at radius 3 is 2.36 bits per heavy atom. The molecule has 0 aromatic heterocycles. The quantitative estimate of drug-likeness (QED) is 0.662.